The smallest absolute Gasteiger partial charge is 0.327 e. The van der Waals surface area contributed by atoms with Crippen LogP contribution < -0.4 is 5.32 Å². The third-order valence-electron chi connectivity index (χ3n) is 2.25. The van der Waals surface area contributed by atoms with E-state index in [1.807, 2.05) is 0 Å². The van der Waals surface area contributed by atoms with E-state index < -0.39 is 23.9 Å². The van der Waals surface area contributed by atoms with Gasteiger partial charge in [0.05, 0.1) is 5.92 Å². The Bertz CT molecular complexity index is 377. The summed E-state index contributed by atoms with van der Waals surface area (Å²) in [5.41, 5.74) is 0.586. The van der Waals surface area contributed by atoms with Crippen molar-refractivity contribution in [3.63, 3.8) is 0 Å². The molecule has 1 aromatic carbocycles. The normalized spacial score (nSPS) is 13.8. The lowest BCUT2D eigenvalue weighted by atomic mass is 10.0. The van der Waals surface area contributed by atoms with Crippen molar-refractivity contribution in [2.24, 2.45) is 5.92 Å². The monoisotopic (exact) mass is 223 g/mol. The van der Waals surface area contributed by atoms with Gasteiger partial charge in [-0.15, -0.1) is 0 Å². The fraction of sp³-hybridized carbons (Fsp3) is 0.273. The first kappa shape index (κ1) is 12.0. The number of aliphatic carboxylic acids is 2. The van der Waals surface area contributed by atoms with Gasteiger partial charge in [0.25, 0.3) is 0 Å². The first-order valence-electron chi connectivity index (χ1n) is 4.79. The van der Waals surface area contributed by atoms with Gasteiger partial charge in [0.1, 0.15) is 6.04 Å². The number of rotatable bonds is 5. The van der Waals surface area contributed by atoms with Gasteiger partial charge in [-0.2, -0.15) is 0 Å². The summed E-state index contributed by atoms with van der Waals surface area (Å²) in [5, 5.41) is 20.4. The molecule has 0 radical (unpaired) electrons. The number of hydrogen-bond acceptors (Lipinski definition) is 3. The van der Waals surface area contributed by atoms with Gasteiger partial charge in [-0.1, -0.05) is 18.2 Å². The van der Waals surface area contributed by atoms with Crippen LogP contribution in [0.2, 0.25) is 0 Å². The number of carboxylic acids is 2. The Labute approximate surface area is 92.7 Å². The average molecular weight is 223 g/mol. The number of carboxylic acid groups (broad SMARTS) is 2. The van der Waals surface area contributed by atoms with Crippen LogP contribution in [0.25, 0.3) is 0 Å². The van der Waals surface area contributed by atoms with E-state index in [1.54, 1.807) is 30.3 Å². The highest BCUT2D eigenvalue weighted by Crippen LogP contribution is 2.13. The standard InChI is InChI=1S/C11H13NO4/c1-7(10(13)14)9(11(15)16)12-8-5-3-2-4-6-8/h2-7,9,12H,1H3,(H,13,14)(H,15,16). The van der Waals surface area contributed by atoms with Gasteiger partial charge in [0, 0.05) is 5.69 Å². The van der Waals surface area contributed by atoms with Gasteiger partial charge in [0.15, 0.2) is 0 Å². The van der Waals surface area contributed by atoms with Gasteiger partial charge in [-0.3, -0.25) is 4.79 Å². The summed E-state index contributed by atoms with van der Waals surface area (Å²) < 4.78 is 0. The summed E-state index contributed by atoms with van der Waals surface area (Å²) in [6, 6.07) is 7.51. The number of benzene rings is 1. The van der Waals surface area contributed by atoms with Gasteiger partial charge in [-0.05, 0) is 19.1 Å². The van der Waals surface area contributed by atoms with Crippen molar-refractivity contribution in [2.45, 2.75) is 13.0 Å². The van der Waals surface area contributed by atoms with Crippen molar-refractivity contribution in [1.29, 1.82) is 0 Å². The summed E-state index contributed by atoms with van der Waals surface area (Å²) in [6.07, 6.45) is 0. The molecule has 5 heteroatoms. The van der Waals surface area contributed by atoms with Crippen LogP contribution in [0, 0.1) is 5.92 Å². The highest BCUT2D eigenvalue weighted by Gasteiger charge is 2.29. The second kappa shape index (κ2) is 5.16. The molecule has 5 nitrogen and oxygen atoms in total. The molecule has 0 aliphatic carbocycles. The predicted molar refractivity (Wildman–Crippen MR) is 58.3 cm³/mol. The highest BCUT2D eigenvalue weighted by molar-refractivity contribution is 5.85. The number of anilines is 1. The van der Waals surface area contributed by atoms with E-state index in [2.05, 4.69) is 5.32 Å². The van der Waals surface area contributed by atoms with Crippen LogP contribution in [0.3, 0.4) is 0 Å². The number of hydrogen-bond donors (Lipinski definition) is 3. The number of para-hydroxylation sites is 1. The third kappa shape index (κ3) is 2.98. The minimum atomic E-state index is -1.18. The molecule has 0 saturated carbocycles. The molecule has 0 heterocycles. The molecule has 3 N–H and O–H groups in total. The molecule has 0 aromatic heterocycles. The van der Waals surface area contributed by atoms with Gasteiger partial charge < -0.3 is 15.5 Å². The van der Waals surface area contributed by atoms with Crippen LogP contribution in [-0.4, -0.2) is 28.2 Å². The van der Waals surface area contributed by atoms with Crippen molar-refractivity contribution < 1.29 is 19.8 Å². The lowest BCUT2D eigenvalue weighted by molar-refractivity contribution is -0.148. The summed E-state index contributed by atoms with van der Waals surface area (Å²) in [5.74, 6) is -3.33. The first-order valence-corrected chi connectivity index (χ1v) is 4.79. The van der Waals surface area contributed by atoms with Crippen LogP contribution in [0.1, 0.15) is 6.92 Å². The second-order valence-electron chi connectivity index (χ2n) is 3.45. The number of nitrogens with one attached hydrogen (secondary N) is 1. The molecular weight excluding hydrogens is 210 g/mol. The van der Waals surface area contributed by atoms with Crippen LogP contribution in [0.15, 0.2) is 30.3 Å². The topological polar surface area (TPSA) is 86.6 Å². The summed E-state index contributed by atoms with van der Waals surface area (Å²) in [6.45, 7) is 1.36. The van der Waals surface area contributed by atoms with Crippen LogP contribution in [0.5, 0.6) is 0 Å². The summed E-state index contributed by atoms with van der Waals surface area (Å²) >= 11 is 0. The molecule has 0 bridgehead atoms. The van der Waals surface area contributed by atoms with E-state index in [9.17, 15) is 9.59 Å². The first-order chi connectivity index (χ1) is 7.52. The predicted octanol–water partition coefficient (Wildman–Crippen LogP) is 1.27. The molecule has 16 heavy (non-hydrogen) atoms. The average Bonchev–Trinajstić information content (AvgIpc) is 2.26. The molecule has 0 spiro atoms. The van der Waals surface area contributed by atoms with E-state index >= 15 is 0 Å². The summed E-state index contributed by atoms with van der Waals surface area (Å²) in [4.78, 5) is 21.7. The largest absolute Gasteiger partial charge is 0.481 e. The molecule has 0 aliphatic heterocycles. The zero-order chi connectivity index (χ0) is 12.1. The van der Waals surface area contributed by atoms with Crippen LogP contribution in [-0.2, 0) is 9.59 Å². The quantitative estimate of drug-likeness (QED) is 0.699. The Morgan fingerprint density at radius 2 is 1.69 bits per heavy atom. The van der Waals surface area contributed by atoms with E-state index in [-0.39, 0.29) is 0 Å². The molecule has 0 aliphatic rings. The van der Waals surface area contributed by atoms with E-state index in [1.165, 1.54) is 6.92 Å². The maximum absolute atomic E-state index is 10.9. The molecule has 86 valence electrons. The second-order valence-corrected chi connectivity index (χ2v) is 3.45. The van der Waals surface area contributed by atoms with Gasteiger partial charge in [0.2, 0.25) is 0 Å². The minimum absolute atomic E-state index is 0.586. The van der Waals surface area contributed by atoms with Crippen molar-refractivity contribution in [3.8, 4) is 0 Å². The van der Waals surface area contributed by atoms with E-state index in [4.69, 9.17) is 10.2 Å². The van der Waals surface area contributed by atoms with Crippen molar-refractivity contribution >= 4 is 17.6 Å². The Morgan fingerprint density at radius 1 is 1.12 bits per heavy atom. The highest BCUT2D eigenvalue weighted by atomic mass is 16.4. The maximum atomic E-state index is 10.9. The molecular formula is C11H13NO4. The lowest BCUT2D eigenvalue weighted by Gasteiger charge is -2.19. The molecule has 2 atom stereocenters. The Hall–Kier alpha value is -2.04. The Kier molecular flexibility index (Phi) is 3.88. The van der Waals surface area contributed by atoms with E-state index in [0.29, 0.717) is 5.69 Å². The van der Waals surface area contributed by atoms with Crippen LogP contribution >= 0.6 is 0 Å². The van der Waals surface area contributed by atoms with Crippen molar-refractivity contribution in [1.82, 2.24) is 0 Å². The van der Waals surface area contributed by atoms with Gasteiger partial charge >= 0.3 is 11.9 Å². The van der Waals surface area contributed by atoms with Crippen molar-refractivity contribution in [3.05, 3.63) is 30.3 Å². The minimum Gasteiger partial charge on any atom is -0.481 e. The molecule has 1 aromatic rings. The lowest BCUT2D eigenvalue weighted by Crippen LogP contribution is -2.39. The van der Waals surface area contributed by atoms with Crippen LogP contribution in [0.4, 0.5) is 5.69 Å². The third-order valence-corrected chi connectivity index (χ3v) is 2.25. The number of carbonyl (C=O) groups is 2. The SMILES string of the molecule is CC(C(=O)O)C(Nc1ccccc1)C(=O)O. The molecule has 0 fully saturated rings. The van der Waals surface area contributed by atoms with Gasteiger partial charge in [-0.25, -0.2) is 4.79 Å². The molecule has 0 saturated heterocycles. The maximum Gasteiger partial charge on any atom is 0.327 e. The molecule has 1 rings (SSSR count). The fourth-order valence-electron chi connectivity index (χ4n) is 1.26. The summed E-state index contributed by atoms with van der Waals surface area (Å²) in [7, 11) is 0. The van der Waals surface area contributed by atoms with E-state index in [0.717, 1.165) is 0 Å². The molecule has 2 unspecified atom stereocenters. The van der Waals surface area contributed by atoms with Crippen molar-refractivity contribution in [2.75, 3.05) is 5.32 Å². The Morgan fingerprint density at radius 3 is 2.12 bits per heavy atom. The molecule has 0 amide bonds. The Balaban J connectivity index is 2.81. The fourth-order valence-corrected chi connectivity index (χ4v) is 1.26. The zero-order valence-corrected chi connectivity index (χ0v) is 8.75. The zero-order valence-electron chi connectivity index (χ0n) is 8.75.